The Hall–Kier alpha value is -1.80. The number of hydrogen-bond acceptors (Lipinski definition) is 1. The summed E-state index contributed by atoms with van der Waals surface area (Å²) in [7, 11) is -2.62. The van der Waals surface area contributed by atoms with Crippen molar-refractivity contribution in [2.45, 2.75) is 105 Å². The Balaban J connectivity index is 2.07. The van der Waals surface area contributed by atoms with Crippen molar-refractivity contribution >= 4 is 37.1 Å². The van der Waals surface area contributed by atoms with Crippen molar-refractivity contribution in [2.24, 2.45) is 5.92 Å². The molecule has 0 unspecified atom stereocenters. The van der Waals surface area contributed by atoms with E-state index in [1.165, 1.54) is 67.8 Å². The van der Waals surface area contributed by atoms with Crippen molar-refractivity contribution in [2.75, 3.05) is 6.61 Å². The summed E-state index contributed by atoms with van der Waals surface area (Å²) in [5.74, 6) is 4.19. The number of hydrogen-bond donors (Lipinski definition) is 0. The molecular formula is C39H56OSiSn. The molecule has 1 atom stereocenters. The summed E-state index contributed by atoms with van der Waals surface area (Å²) in [5.41, 5.74) is 1.36. The fourth-order valence-corrected chi connectivity index (χ4v) is 24.5. The van der Waals surface area contributed by atoms with Gasteiger partial charge >= 0.3 is 265 Å². The van der Waals surface area contributed by atoms with E-state index < -0.39 is 26.7 Å². The second-order valence-electron chi connectivity index (χ2n) is 13.2. The Morgan fingerprint density at radius 3 is 1.50 bits per heavy atom. The van der Waals surface area contributed by atoms with E-state index in [1.54, 1.807) is 0 Å². The zero-order chi connectivity index (χ0) is 30.3. The van der Waals surface area contributed by atoms with Gasteiger partial charge in [0, 0.05) is 0 Å². The summed E-state index contributed by atoms with van der Waals surface area (Å²) in [6.07, 6.45) is 8.83. The van der Waals surface area contributed by atoms with E-state index in [0.717, 1.165) is 6.42 Å². The fraction of sp³-hybridized carbons (Fsp3) is 0.487. The molecule has 0 fully saturated rings. The average Bonchev–Trinajstić information content (AvgIpc) is 3.01. The van der Waals surface area contributed by atoms with Crippen molar-refractivity contribution in [1.82, 2.24) is 0 Å². The van der Waals surface area contributed by atoms with Gasteiger partial charge in [-0.05, 0) is 0 Å². The van der Waals surface area contributed by atoms with Gasteiger partial charge < -0.3 is 0 Å². The third kappa shape index (κ3) is 9.60. The van der Waals surface area contributed by atoms with Crippen LogP contribution in [-0.4, -0.2) is 33.3 Å². The van der Waals surface area contributed by atoms with E-state index in [9.17, 15) is 0 Å². The molecule has 3 aromatic rings. The van der Waals surface area contributed by atoms with Crippen molar-refractivity contribution < 1.29 is 4.43 Å². The second-order valence-corrected chi connectivity index (χ2v) is 29.8. The van der Waals surface area contributed by atoms with Crippen LogP contribution in [0.25, 0.3) is 0 Å². The Morgan fingerprint density at radius 1 is 0.667 bits per heavy atom. The summed E-state index contributed by atoms with van der Waals surface area (Å²) < 4.78 is 15.9. The van der Waals surface area contributed by atoms with Crippen LogP contribution >= 0.6 is 0 Å². The van der Waals surface area contributed by atoms with E-state index in [1.807, 2.05) is 0 Å². The molecule has 0 bridgehead atoms. The van der Waals surface area contributed by atoms with Crippen LogP contribution in [0.5, 0.6) is 0 Å². The molecule has 0 aromatic heterocycles. The molecule has 0 aliphatic carbocycles. The van der Waals surface area contributed by atoms with E-state index in [2.05, 4.69) is 142 Å². The molecule has 0 N–H and O–H groups in total. The Morgan fingerprint density at radius 2 is 1.10 bits per heavy atom. The Bertz CT molecular complexity index is 1150. The maximum atomic E-state index is 7.47. The van der Waals surface area contributed by atoms with Crippen molar-refractivity contribution in [3.8, 4) is 9.86 Å². The second kappa shape index (κ2) is 17.5. The molecule has 1 nitrogen and oxygen atoms in total. The van der Waals surface area contributed by atoms with Crippen LogP contribution in [0.15, 0.2) is 91.0 Å². The molecule has 3 rings (SSSR count). The minimum atomic E-state index is -2.62. The summed E-state index contributed by atoms with van der Waals surface area (Å²) >= 11 is -2.61. The molecule has 3 heteroatoms. The van der Waals surface area contributed by atoms with Gasteiger partial charge in [-0.2, -0.15) is 0 Å². The molecule has 42 heavy (non-hydrogen) atoms. The first-order valence-electron chi connectivity index (χ1n) is 16.6. The van der Waals surface area contributed by atoms with Crippen LogP contribution in [0, 0.1) is 15.8 Å². The van der Waals surface area contributed by atoms with Gasteiger partial charge in [-0.15, -0.1) is 0 Å². The van der Waals surface area contributed by atoms with Gasteiger partial charge in [-0.3, -0.25) is 0 Å². The molecule has 226 valence electrons. The molecule has 0 spiro atoms. The van der Waals surface area contributed by atoms with Gasteiger partial charge in [-0.1, -0.05) is 0 Å². The first kappa shape index (κ1) is 34.7. The zero-order valence-electron chi connectivity index (χ0n) is 27.4. The molecule has 0 saturated carbocycles. The Kier molecular flexibility index (Phi) is 14.4. The number of rotatable bonds is 16. The van der Waals surface area contributed by atoms with Gasteiger partial charge in [0.05, 0.1) is 0 Å². The van der Waals surface area contributed by atoms with Crippen LogP contribution in [-0.2, 0) is 10.8 Å². The summed E-state index contributed by atoms with van der Waals surface area (Å²) in [4.78, 5) is 0. The molecule has 3 aromatic carbocycles. The summed E-state index contributed by atoms with van der Waals surface area (Å²) in [6, 6.07) is 33.1. The predicted molar refractivity (Wildman–Crippen MR) is 190 cm³/mol. The van der Waals surface area contributed by atoms with Crippen LogP contribution in [0.2, 0.25) is 18.3 Å². The van der Waals surface area contributed by atoms with Crippen LogP contribution in [0.3, 0.4) is 0 Å². The third-order valence-electron chi connectivity index (χ3n) is 8.81. The normalized spacial score (nSPS) is 12.9. The molecule has 0 amide bonds. The first-order chi connectivity index (χ1) is 20.3. The van der Waals surface area contributed by atoms with Gasteiger partial charge in [0.1, 0.15) is 0 Å². The third-order valence-corrected chi connectivity index (χ3v) is 27.0. The first-order valence-corrected chi connectivity index (χ1v) is 26.0. The molecular weight excluding hydrogens is 631 g/mol. The van der Waals surface area contributed by atoms with E-state index in [0.29, 0.717) is 6.61 Å². The van der Waals surface area contributed by atoms with Crippen molar-refractivity contribution in [3.63, 3.8) is 0 Å². The SMILES string of the molecule is CCC[CH2][Sn]([C]#C[C@@H](CO[Si](c1ccccc1)(c1ccccc1)C(C)(C)C)Cc1ccccc1)([CH2]CCC)[CH2]CCC. The maximum absolute atomic E-state index is 7.47. The van der Waals surface area contributed by atoms with Crippen molar-refractivity contribution in [3.05, 3.63) is 96.6 Å². The average molecular weight is 688 g/mol. The van der Waals surface area contributed by atoms with Gasteiger partial charge in [-0.25, -0.2) is 0 Å². The standard InChI is InChI=1S/C27H29OSi.3C4H9.Sn/c1-5-23(21-24-15-9-6-10-16-24)22-28-29(27(2,3)4,25-17-11-7-12-18-25)26-19-13-8-14-20-26;3*1-3-4-2;/h6-20,23H,21-22H2,2-4H3;3*1,3-4H2,2H3;/t23-;;;;/m1..../s1. The quantitative estimate of drug-likeness (QED) is 0.108. The van der Waals surface area contributed by atoms with E-state index in [4.69, 9.17) is 4.43 Å². The van der Waals surface area contributed by atoms with Crippen LogP contribution in [0.1, 0.15) is 85.6 Å². The topological polar surface area (TPSA) is 9.23 Å². The monoisotopic (exact) mass is 688 g/mol. The van der Waals surface area contributed by atoms with Gasteiger partial charge in [0.25, 0.3) is 0 Å². The van der Waals surface area contributed by atoms with E-state index >= 15 is 0 Å². The van der Waals surface area contributed by atoms with E-state index in [-0.39, 0.29) is 11.0 Å². The molecule has 0 saturated heterocycles. The number of benzene rings is 3. The van der Waals surface area contributed by atoms with Crippen LogP contribution < -0.4 is 10.4 Å². The summed E-state index contributed by atoms with van der Waals surface area (Å²) in [6.45, 7) is 14.8. The predicted octanol–water partition coefficient (Wildman–Crippen LogP) is 9.81. The summed E-state index contributed by atoms with van der Waals surface area (Å²) in [5, 5.41) is 2.65. The number of unbranched alkanes of at least 4 members (excludes halogenated alkanes) is 3. The molecule has 0 radical (unpaired) electrons. The van der Waals surface area contributed by atoms with Crippen molar-refractivity contribution in [1.29, 1.82) is 0 Å². The molecule has 0 heterocycles. The Labute approximate surface area is 263 Å². The molecule has 0 aliphatic rings. The zero-order valence-corrected chi connectivity index (χ0v) is 31.3. The van der Waals surface area contributed by atoms with Gasteiger partial charge in [0.15, 0.2) is 0 Å². The van der Waals surface area contributed by atoms with Crippen LogP contribution in [0.4, 0.5) is 0 Å². The molecule has 0 aliphatic heterocycles. The fourth-order valence-electron chi connectivity index (χ4n) is 6.40. The minimum absolute atomic E-state index is 0.0349. The van der Waals surface area contributed by atoms with Gasteiger partial charge in [0.2, 0.25) is 0 Å².